The molecule has 2 aromatic heterocycles. The van der Waals surface area contributed by atoms with Crippen LogP contribution in [0, 0.1) is 6.92 Å². The van der Waals surface area contributed by atoms with Crippen molar-refractivity contribution >= 4 is 21.9 Å². The van der Waals surface area contributed by atoms with Gasteiger partial charge in [0.25, 0.3) is 0 Å². The van der Waals surface area contributed by atoms with Crippen molar-refractivity contribution in [2.45, 2.75) is 6.92 Å². The smallest absolute Gasteiger partial charge is 0.347 e. The number of furan rings is 1. The van der Waals surface area contributed by atoms with E-state index in [2.05, 4.69) is 0 Å². The van der Waals surface area contributed by atoms with Crippen molar-refractivity contribution in [3.05, 3.63) is 70.6 Å². The maximum Gasteiger partial charge on any atom is 0.347 e. The van der Waals surface area contributed by atoms with Gasteiger partial charge in [-0.3, -0.25) is 0 Å². The molecule has 0 aliphatic carbocycles. The van der Waals surface area contributed by atoms with Crippen LogP contribution in [-0.4, -0.2) is 0 Å². The fourth-order valence-corrected chi connectivity index (χ4v) is 2.71. The average molecular weight is 276 g/mol. The summed E-state index contributed by atoms with van der Waals surface area (Å²) in [5.41, 5.74) is 2.55. The largest absolute Gasteiger partial charge is 0.455 e. The third-order valence-corrected chi connectivity index (χ3v) is 3.72. The van der Waals surface area contributed by atoms with Crippen LogP contribution in [0.3, 0.4) is 0 Å². The Morgan fingerprint density at radius 2 is 1.57 bits per heavy atom. The Morgan fingerprint density at radius 1 is 0.857 bits per heavy atom. The summed E-state index contributed by atoms with van der Waals surface area (Å²) in [6, 6.07) is 17.2. The van der Waals surface area contributed by atoms with E-state index in [1.807, 2.05) is 55.5 Å². The van der Waals surface area contributed by atoms with Gasteiger partial charge in [-0.1, -0.05) is 42.5 Å². The van der Waals surface area contributed by atoms with Gasteiger partial charge in [-0.05, 0) is 19.1 Å². The third-order valence-electron chi connectivity index (χ3n) is 3.72. The van der Waals surface area contributed by atoms with Gasteiger partial charge in [-0.25, -0.2) is 4.79 Å². The second kappa shape index (κ2) is 4.35. The monoisotopic (exact) mass is 276 g/mol. The summed E-state index contributed by atoms with van der Waals surface area (Å²) in [5.74, 6) is 0.717. The van der Waals surface area contributed by atoms with Gasteiger partial charge in [0.15, 0.2) is 5.58 Å². The minimum atomic E-state index is -0.355. The van der Waals surface area contributed by atoms with Crippen LogP contribution in [0.5, 0.6) is 0 Å². The molecule has 3 heteroatoms. The van der Waals surface area contributed by atoms with Crippen LogP contribution in [0.15, 0.2) is 68.2 Å². The number of aryl methyl sites for hydroxylation is 1. The second-order valence-electron chi connectivity index (χ2n) is 5.01. The van der Waals surface area contributed by atoms with Crippen molar-refractivity contribution in [2.75, 3.05) is 0 Å². The summed E-state index contributed by atoms with van der Waals surface area (Å²) in [5, 5.41) is 1.34. The zero-order chi connectivity index (χ0) is 14.4. The van der Waals surface area contributed by atoms with Gasteiger partial charge in [-0.15, -0.1) is 0 Å². The molecule has 0 aliphatic heterocycles. The first-order chi connectivity index (χ1) is 10.3. The molecular weight excluding hydrogens is 264 g/mol. The number of fused-ring (bicyclic) bond motifs is 3. The summed E-state index contributed by atoms with van der Waals surface area (Å²) in [4.78, 5) is 12.2. The molecule has 0 radical (unpaired) electrons. The number of hydrogen-bond donors (Lipinski definition) is 0. The van der Waals surface area contributed by atoms with Crippen LogP contribution >= 0.6 is 0 Å². The van der Waals surface area contributed by atoms with E-state index in [0.717, 1.165) is 16.5 Å². The summed E-state index contributed by atoms with van der Waals surface area (Å²) in [6.45, 7) is 1.89. The molecule has 102 valence electrons. The minimum Gasteiger partial charge on any atom is -0.455 e. The van der Waals surface area contributed by atoms with E-state index in [1.165, 1.54) is 0 Å². The van der Waals surface area contributed by atoms with E-state index in [9.17, 15) is 4.79 Å². The topological polar surface area (TPSA) is 43.4 Å². The Bertz CT molecular complexity index is 1010. The molecule has 21 heavy (non-hydrogen) atoms. The van der Waals surface area contributed by atoms with Crippen LogP contribution in [0.4, 0.5) is 0 Å². The molecular formula is C18H12O3. The summed E-state index contributed by atoms with van der Waals surface area (Å²) >= 11 is 0. The van der Waals surface area contributed by atoms with Crippen LogP contribution in [0.25, 0.3) is 33.3 Å². The lowest BCUT2D eigenvalue weighted by Gasteiger charge is -1.96. The molecule has 0 saturated heterocycles. The highest BCUT2D eigenvalue weighted by molar-refractivity contribution is 6.03. The van der Waals surface area contributed by atoms with Gasteiger partial charge < -0.3 is 8.83 Å². The zero-order valence-corrected chi connectivity index (χ0v) is 11.4. The van der Waals surface area contributed by atoms with E-state index in [4.69, 9.17) is 8.83 Å². The minimum absolute atomic E-state index is 0.355. The van der Waals surface area contributed by atoms with Crippen molar-refractivity contribution in [2.24, 2.45) is 0 Å². The van der Waals surface area contributed by atoms with E-state index in [0.29, 0.717) is 22.3 Å². The Morgan fingerprint density at radius 3 is 2.38 bits per heavy atom. The zero-order valence-electron chi connectivity index (χ0n) is 11.4. The van der Waals surface area contributed by atoms with E-state index >= 15 is 0 Å². The molecule has 0 N–H and O–H groups in total. The number of rotatable bonds is 1. The SMILES string of the molecule is Cc1c(-c2ccccc2)oc2c1c(=O)oc1ccccc12. The molecule has 0 atom stereocenters. The Balaban J connectivity index is 2.18. The quantitative estimate of drug-likeness (QED) is 0.480. The van der Waals surface area contributed by atoms with Crippen LogP contribution in [-0.2, 0) is 0 Å². The van der Waals surface area contributed by atoms with Crippen molar-refractivity contribution in [1.82, 2.24) is 0 Å². The number of benzene rings is 2. The summed E-state index contributed by atoms with van der Waals surface area (Å²) in [6.07, 6.45) is 0. The van der Waals surface area contributed by atoms with Crippen LogP contribution < -0.4 is 5.63 Å². The first-order valence-electron chi connectivity index (χ1n) is 6.76. The average Bonchev–Trinajstić information content (AvgIpc) is 2.87. The molecule has 0 unspecified atom stereocenters. The maximum absolute atomic E-state index is 12.2. The Kier molecular flexibility index (Phi) is 2.48. The second-order valence-corrected chi connectivity index (χ2v) is 5.01. The molecule has 0 amide bonds. The van der Waals surface area contributed by atoms with Gasteiger partial charge in [0, 0.05) is 11.1 Å². The molecule has 3 nitrogen and oxygen atoms in total. The Hall–Kier alpha value is -2.81. The van der Waals surface area contributed by atoms with Crippen molar-refractivity contribution in [3.63, 3.8) is 0 Å². The lowest BCUT2D eigenvalue weighted by Crippen LogP contribution is -1.99. The fourth-order valence-electron chi connectivity index (χ4n) is 2.71. The van der Waals surface area contributed by atoms with Crippen LogP contribution in [0.1, 0.15) is 5.56 Å². The molecule has 2 heterocycles. The first-order valence-corrected chi connectivity index (χ1v) is 6.76. The maximum atomic E-state index is 12.2. The summed E-state index contributed by atoms with van der Waals surface area (Å²) < 4.78 is 11.4. The van der Waals surface area contributed by atoms with Crippen molar-refractivity contribution < 1.29 is 8.83 Å². The molecule has 2 aromatic carbocycles. The van der Waals surface area contributed by atoms with Gasteiger partial charge in [-0.2, -0.15) is 0 Å². The van der Waals surface area contributed by atoms with Crippen molar-refractivity contribution in [3.8, 4) is 11.3 Å². The highest BCUT2D eigenvalue weighted by Gasteiger charge is 2.18. The van der Waals surface area contributed by atoms with E-state index < -0.39 is 0 Å². The molecule has 0 saturated carbocycles. The normalized spacial score (nSPS) is 11.3. The lowest BCUT2D eigenvalue weighted by molar-refractivity contribution is 0.565. The number of hydrogen-bond acceptors (Lipinski definition) is 3. The molecule has 0 spiro atoms. The summed E-state index contributed by atoms with van der Waals surface area (Å²) in [7, 11) is 0. The highest BCUT2D eigenvalue weighted by atomic mass is 16.4. The van der Waals surface area contributed by atoms with Crippen LogP contribution in [0.2, 0.25) is 0 Å². The predicted octanol–water partition coefficient (Wildman–Crippen LogP) is 4.51. The molecule has 0 aliphatic rings. The fraction of sp³-hybridized carbons (Fsp3) is 0.0556. The molecule has 0 fully saturated rings. The van der Waals surface area contributed by atoms with E-state index in [1.54, 1.807) is 6.07 Å². The lowest BCUT2D eigenvalue weighted by atomic mass is 10.1. The van der Waals surface area contributed by atoms with Gasteiger partial charge in [0.2, 0.25) is 0 Å². The Labute approximate surface area is 120 Å². The standard InChI is InChI=1S/C18H12O3/c1-11-15-17(21-16(11)12-7-3-2-4-8-12)13-9-5-6-10-14(13)20-18(15)19/h2-10H,1H3. The van der Waals surface area contributed by atoms with Crippen molar-refractivity contribution in [1.29, 1.82) is 0 Å². The first kappa shape index (κ1) is 12.0. The van der Waals surface area contributed by atoms with Gasteiger partial charge >= 0.3 is 5.63 Å². The van der Waals surface area contributed by atoms with Gasteiger partial charge in [0.05, 0.1) is 5.39 Å². The molecule has 4 aromatic rings. The third kappa shape index (κ3) is 1.71. The molecule has 4 rings (SSSR count). The number of para-hydroxylation sites is 1. The molecule has 0 bridgehead atoms. The predicted molar refractivity (Wildman–Crippen MR) is 82.4 cm³/mol. The highest BCUT2D eigenvalue weighted by Crippen LogP contribution is 2.34. The van der Waals surface area contributed by atoms with Gasteiger partial charge in [0.1, 0.15) is 16.7 Å². The van der Waals surface area contributed by atoms with E-state index in [-0.39, 0.29) is 5.63 Å².